The smallest absolute Gasteiger partial charge is 0.237 e. The van der Waals surface area contributed by atoms with Gasteiger partial charge in [-0.15, -0.1) is 10.2 Å². The fraction of sp³-hybridized carbons (Fsp3) is 0.0909. The molecule has 0 fully saturated rings. The van der Waals surface area contributed by atoms with Crippen molar-refractivity contribution in [2.24, 2.45) is 0 Å². The standard InChI is InChI=1S/C22H16FN5O2S/c1-27(15-10-8-14(23)9-11-15)19(29)13-31-22-26-25-20-16-5-2-3-6-17(16)24-21(28(20)22)18-7-4-12-30-18/h2-12H,13H2,1H3. The van der Waals surface area contributed by atoms with Gasteiger partial charge in [0.25, 0.3) is 0 Å². The number of amides is 1. The van der Waals surface area contributed by atoms with Crippen LogP contribution in [0.4, 0.5) is 10.1 Å². The maximum Gasteiger partial charge on any atom is 0.237 e. The summed E-state index contributed by atoms with van der Waals surface area (Å²) >= 11 is 1.25. The average Bonchev–Trinajstić information content (AvgIpc) is 3.47. The van der Waals surface area contributed by atoms with Crippen LogP contribution in [0.3, 0.4) is 0 Å². The lowest BCUT2D eigenvalue weighted by molar-refractivity contribution is -0.115. The minimum atomic E-state index is -0.348. The second kappa shape index (κ2) is 7.84. The molecule has 0 N–H and O–H groups in total. The van der Waals surface area contributed by atoms with Crippen molar-refractivity contribution in [1.29, 1.82) is 0 Å². The van der Waals surface area contributed by atoms with Gasteiger partial charge in [0.15, 0.2) is 22.4 Å². The summed E-state index contributed by atoms with van der Waals surface area (Å²) in [5.41, 5.74) is 2.03. The first-order valence-electron chi connectivity index (χ1n) is 9.44. The molecule has 2 aromatic carbocycles. The number of fused-ring (bicyclic) bond motifs is 3. The summed E-state index contributed by atoms with van der Waals surface area (Å²) in [6.45, 7) is 0. The van der Waals surface area contributed by atoms with E-state index in [1.54, 1.807) is 35.9 Å². The molecule has 31 heavy (non-hydrogen) atoms. The highest BCUT2D eigenvalue weighted by molar-refractivity contribution is 7.99. The van der Waals surface area contributed by atoms with Gasteiger partial charge in [0.1, 0.15) is 5.82 Å². The summed E-state index contributed by atoms with van der Waals surface area (Å²) in [5, 5.41) is 10.0. The Kier molecular flexibility index (Phi) is 4.87. The van der Waals surface area contributed by atoms with E-state index in [2.05, 4.69) is 10.2 Å². The number of aromatic nitrogens is 4. The normalized spacial score (nSPS) is 11.3. The van der Waals surface area contributed by atoms with Crippen LogP contribution in [0.1, 0.15) is 0 Å². The third kappa shape index (κ3) is 3.53. The van der Waals surface area contributed by atoms with E-state index >= 15 is 0 Å². The van der Waals surface area contributed by atoms with Crippen LogP contribution in [0.25, 0.3) is 28.1 Å². The Morgan fingerprint density at radius 3 is 2.68 bits per heavy atom. The van der Waals surface area contributed by atoms with Gasteiger partial charge in [0.2, 0.25) is 5.91 Å². The van der Waals surface area contributed by atoms with Crippen molar-refractivity contribution < 1.29 is 13.6 Å². The zero-order valence-electron chi connectivity index (χ0n) is 16.4. The predicted octanol–water partition coefficient (Wildman–Crippen LogP) is 4.43. The van der Waals surface area contributed by atoms with Crippen LogP contribution < -0.4 is 4.90 Å². The van der Waals surface area contributed by atoms with Crippen LogP contribution in [0.5, 0.6) is 0 Å². The van der Waals surface area contributed by atoms with E-state index in [4.69, 9.17) is 9.40 Å². The lowest BCUT2D eigenvalue weighted by Gasteiger charge is -2.16. The average molecular weight is 433 g/mol. The van der Waals surface area contributed by atoms with Crippen molar-refractivity contribution in [3.05, 3.63) is 72.7 Å². The molecule has 3 aromatic heterocycles. The molecule has 0 unspecified atom stereocenters. The summed E-state index contributed by atoms with van der Waals surface area (Å²) in [4.78, 5) is 18.9. The molecule has 1 amide bonds. The molecule has 0 radical (unpaired) electrons. The SMILES string of the molecule is CN(C(=O)CSc1nnc2c3ccccc3nc(-c3ccco3)n12)c1ccc(F)cc1. The number of hydrogen-bond donors (Lipinski definition) is 0. The second-order valence-electron chi connectivity index (χ2n) is 6.79. The molecule has 0 saturated carbocycles. The number of rotatable bonds is 5. The summed E-state index contributed by atoms with van der Waals surface area (Å²) in [6, 6.07) is 17.0. The lowest BCUT2D eigenvalue weighted by Crippen LogP contribution is -2.28. The van der Waals surface area contributed by atoms with Gasteiger partial charge < -0.3 is 9.32 Å². The van der Waals surface area contributed by atoms with Gasteiger partial charge in [0, 0.05) is 18.1 Å². The molecule has 5 aromatic rings. The molecule has 0 atom stereocenters. The van der Waals surface area contributed by atoms with Crippen LogP contribution >= 0.6 is 11.8 Å². The first-order chi connectivity index (χ1) is 15.1. The molecule has 0 spiro atoms. The Balaban J connectivity index is 1.50. The first kappa shape index (κ1) is 19.3. The van der Waals surface area contributed by atoms with Crippen molar-refractivity contribution in [3.63, 3.8) is 0 Å². The molecule has 3 heterocycles. The molecule has 5 rings (SSSR count). The van der Waals surface area contributed by atoms with Crippen molar-refractivity contribution in [3.8, 4) is 11.6 Å². The van der Waals surface area contributed by atoms with Crippen molar-refractivity contribution in [1.82, 2.24) is 19.6 Å². The minimum Gasteiger partial charge on any atom is -0.461 e. The highest BCUT2D eigenvalue weighted by Crippen LogP contribution is 2.29. The number of carbonyl (C=O) groups is 1. The molecule has 0 bridgehead atoms. The van der Waals surface area contributed by atoms with Gasteiger partial charge in [-0.3, -0.25) is 9.20 Å². The topological polar surface area (TPSA) is 76.5 Å². The Hall–Kier alpha value is -3.72. The van der Waals surface area contributed by atoms with Crippen LogP contribution in [0, 0.1) is 5.82 Å². The third-order valence-electron chi connectivity index (χ3n) is 4.87. The molecule has 0 aliphatic rings. The molecule has 0 saturated heterocycles. The van der Waals surface area contributed by atoms with Crippen LogP contribution in [0.15, 0.2) is 76.5 Å². The molecule has 0 aliphatic carbocycles. The molecule has 0 aliphatic heterocycles. The molecular weight excluding hydrogens is 417 g/mol. The van der Waals surface area contributed by atoms with Gasteiger partial charge in [-0.2, -0.15) is 0 Å². The number of benzene rings is 2. The third-order valence-corrected chi connectivity index (χ3v) is 5.78. The Labute approximate surface area is 180 Å². The fourth-order valence-corrected chi connectivity index (χ4v) is 4.10. The zero-order chi connectivity index (χ0) is 21.4. The summed E-state index contributed by atoms with van der Waals surface area (Å²) in [5.74, 6) is 0.762. The van der Waals surface area contributed by atoms with E-state index in [0.717, 1.165) is 10.9 Å². The quantitative estimate of drug-likeness (QED) is 0.382. The van der Waals surface area contributed by atoms with Crippen LogP contribution in [-0.4, -0.2) is 38.3 Å². The largest absolute Gasteiger partial charge is 0.461 e. The Morgan fingerprint density at radius 2 is 1.90 bits per heavy atom. The number of halogens is 1. The van der Waals surface area contributed by atoms with Crippen LogP contribution in [0.2, 0.25) is 0 Å². The molecule has 154 valence electrons. The van der Waals surface area contributed by atoms with E-state index in [1.165, 1.54) is 28.8 Å². The number of hydrogen-bond acceptors (Lipinski definition) is 6. The number of carbonyl (C=O) groups excluding carboxylic acids is 1. The van der Waals surface area contributed by atoms with Gasteiger partial charge >= 0.3 is 0 Å². The van der Waals surface area contributed by atoms with Gasteiger partial charge in [-0.25, -0.2) is 9.37 Å². The lowest BCUT2D eigenvalue weighted by atomic mass is 10.2. The van der Waals surface area contributed by atoms with E-state index < -0.39 is 0 Å². The summed E-state index contributed by atoms with van der Waals surface area (Å²) in [6.07, 6.45) is 1.58. The highest BCUT2D eigenvalue weighted by atomic mass is 32.2. The molecule has 9 heteroatoms. The van der Waals surface area contributed by atoms with Crippen molar-refractivity contribution in [2.45, 2.75) is 5.16 Å². The van der Waals surface area contributed by atoms with Gasteiger partial charge in [-0.1, -0.05) is 23.9 Å². The van der Waals surface area contributed by atoms with Crippen LogP contribution in [-0.2, 0) is 4.79 Å². The number of anilines is 1. The summed E-state index contributed by atoms with van der Waals surface area (Å²) < 4.78 is 20.5. The van der Waals surface area contributed by atoms with E-state index in [9.17, 15) is 9.18 Å². The minimum absolute atomic E-state index is 0.124. The fourth-order valence-electron chi connectivity index (χ4n) is 3.26. The summed E-state index contributed by atoms with van der Waals surface area (Å²) in [7, 11) is 1.65. The zero-order valence-corrected chi connectivity index (χ0v) is 17.2. The van der Waals surface area contributed by atoms with Gasteiger partial charge in [0.05, 0.1) is 17.5 Å². The van der Waals surface area contributed by atoms with E-state index in [1.807, 2.05) is 30.3 Å². The maximum atomic E-state index is 13.2. The highest BCUT2D eigenvalue weighted by Gasteiger charge is 2.20. The van der Waals surface area contributed by atoms with E-state index in [-0.39, 0.29) is 17.5 Å². The number of para-hydroxylation sites is 1. The van der Waals surface area contributed by atoms with Crippen molar-refractivity contribution in [2.75, 3.05) is 17.7 Å². The molecule has 7 nitrogen and oxygen atoms in total. The number of nitrogens with zero attached hydrogens (tertiary/aromatic N) is 5. The Bertz CT molecular complexity index is 1380. The monoisotopic (exact) mass is 433 g/mol. The maximum absolute atomic E-state index is 13.2. The first-order valence-corrected chi connectivity index (χ1v) is 10.4. The number of thioether (sulfide) groups is 1. The van der Waals surface area contributed by atoms with E-state index in [0.29, 0.717) is 28.1 Å². The molecular formula is C22H16FN5O2S. The predicted molar refractivity (Wildman–Crippen MR) is 117 cm³/mol. The second-order valence-corrected chi connectivity index (χ2v) is 7.73. The number of furan rings is 1. The Morgan fingerprint density at radius 1 is 1.10 bits per heavy atom. The van der Waals surface area contributed by atoms with Crippen molar-refractivity contribution >= 4 is 39.9 Å². The van der Waals surface area contributed by atoms with Gasteiger partial charge in [-0.05, 0) is 48.5 Å².